The lowest BCUT2D eigenvalue weighted by molar-refractivity contribution is 0.171. The molecule has 0 amide bonds. The average molecular weight is 463 g/mol. The largest absolute Gasteiger partial charge is 0.463 e. The quantitative estimate of drug-likeness (QED) is 0.700. The molecule has 0 saturated heterocycles. The highest BCUT2D eigenvalue weighted by Gasteiger charge is 2.37. The van der Waals surface area contributed by atoms with Crippen LogP contribution in [0.4, 0.5) is 11.5 Å². The van der Waals surface area contributed by atoms with E-state index in [9.17, 15) is 4.79 Å². The molecule has 3 N–H and O–H groups in total. The van der Waals surface area contributed by atoms with Crippen molar-refractivity contribution in [3.8, 4) is 5.88 Å². The fourth-order valence-corrected chi connectivity index (χ4v) is 5.19. The maximum Gasteiger partial charge on any atom is 0.438 e. The van der Waals surface area contributed by atoms with Gasteiger partial charge in [0.05, 0.1) is 5.71 Å². The van der Waals surface area contributed by atoms with Crippen LogP contribution in [0.3, 0.4) is 0 Å². The number of rotatable bonds is 3. The first-order valence-electron chi connectivity index (χ1n) is 11.8. The second kappa shape index (κ2) is 8.38. The van der Waals surface area contributed by atoms with Crippen LogP contribution < -0.4 is 16.2 Å². The van der Waals surface area contributed by atoms with Gasteiger partial charge in [0.2, 0.25) is 5.88 Å². The van der Waals surface area contributed by atoms with Crippen LogP contribution in [0.1, 0.15) is 57.6 Å². The highest BCUT2D eigenvalue weighted by Crippen LogP contribution is 2.45. The van der Waals surface area contributed by atoms with Gasteiger partial charge in [-0.3, -0.25) is 9.51 Å². The van der Waals surface area contributed by atoms with Crippen molar-refractivity contribution in [3.63, 3.8) is 0 Å². The minimum atomic E-state index is -0.652. The number of hydrogen-bond donors (Lipinski definition) is 2. The van der Waals surface area contributed by atoms with Crippen LogP contribution in [0, 0.1) is 18.3 Å². The second-order valence-electron chi connectivity index (χ2n) is 10.0. The third-order valence-corrected chi connectivity index (χ3v) is 7.03. The first-order chi connectivity index (χ1) is 16.2. The molecule has 1 spiro atoms. The molecule has 178 valence electrons. The van der Waals surface area contributed by atoms with E-state index in [0.29, 0.717) is 35.0 Å². The van der Waals surface area contributed by atoms with E-state index in [4.69, 9.17) is 15.5 Å². The maximum absolute atomic E-state index is 11.2. The van der Waals surface area contributed by atoms with Crippen molar-refractivity contribution in [2.45, 2.75) is 64.9 Å². The van der Waals surface area contributed by atoms with Gasteiger partial charge in [-0.2, -0.15) is 4.98 Å². The van der Waals surface area contributed by atoms with E-state index < -0.39 is 11.4 Å². The summed E-state index contributed by atoms with van der Waals surface area (Å²) in [6, 6.07) is 0. The number of nitrogens with one attached hydrogen (secondary N) is 1. The zero-order chi connectivity index (χ0) is 23.9. The normalized spacial score (nSPS) is 26.6. The lowest BCUT2D eigenvalue weighted by Gasteiger charge is -2.38. The van der Waals surface area contributed by atoms with Gasteiger partial charge in [-0.05, 0) is 69.8 Å². The Morgan fingerprint density at radius 3 is 2.76 bits per heavy atom. The van der Waals surface area contributed by atoms with Gasteiger partial charge in [0.1, 0.15) is 11.4 Å². The Bertz CT molecular complexity index is 1270. The highest BCUT2D eigenvalue weighted by atomic mass is 16.5. The first kappa shape index (κ1) is 22.3. The summed E-state index contributed by atoms with van der Waals surface area (Å²) in [5.41, 5.74) is 7.90. The van der Waals surface area contributed by atoms with Crippen molar-refractivity contribution in [2.24, 2.45) is 16.3 Å². The average Bonchev–Trinajstić information content (AvgIpc) is 3.16. The van der Waals surface area contributed by atoms with Crippen LogP contribution in [-0.4, -0.2) is 31.4 Å². The summed E-state index contributed by atoms with van der Waals surface area (Å²) >= 11 is 0. The van der Waals surface area contributed by atoms with Crippen LogP contribution in [0.2, 0.25) is 0 Å². The van der Waals surface area contributed by atoms with Crippen LogP contribution >= 0.6 is 0 Å². The summed E-state index contributed by atoms with van der Waals surface area (Å²) in [7, 11) is 0. The number of nitrogens with zero attached hydrogens (tertiary/aromatic N) is 4. The SMILES string of the molecule is Cc1nc(N)c2c(n1)OC(C)(C)C(C1=C/C=C/C3(CC=C1)CCC(Cc1noc(=O)[nH]1)CC3)=N2. The van der Waals surface area contributed by atoms with E-state index in [2.05, 4.69) is 55.0 Å². The van der Waals surface area contributed by atoms with E-state index in [1.165, 1.54) is 0 Å². The van der Waals surface area contributed by atoms with Gasteiger partial charge in [0.15, 0.2) is 17.3 Å². The molecule has 3 heterocycles. The van der Waals surface area contributed by atoms with Gasteiger partial charge in [0, 0.05) is 6.42 Å². The van der Waals surface area contributed by atoms with Crippen molar-refractivity contribution in [1.29, 1.82) is 0 Å². The number of aliphatic imine (C=N–C) groups is 1. The van der Waals surface area contributed by atoms with Gasteiger partial charge in [-0.1, -0.05) is 35.5 Å². The molecular formula is C25H30N6O3. The summed E-state index contributed by atoms with van der Waals surface area (Å²) in [5, 5.41) is 3.82. The lowest BCUT2D eigenvalue weighted by atomic mass is 9.67. The minimum Gasteiger partial charge on any atom is -0.463 e. The Morgan fingerprint density at radius 2 is 2.03 bits per heavy atom. The summed E-state index contributed by atoms with van der Waals surface area (Å²) in [5.74, 6) is 1.98. The molecule has 0 aromatic carbocycles. The lowest BCUT2D eigenvalue weighted by Crippen LogP contribution is -2.41. The molecule has 1 saturated carbocycles. The van der Waals surface area contributed by atoms with Crippen LogP contribution in [0.15, 0.2) is 50.3 Å². The van der Waals surface area contributed by atoms with E-state index in [0.717, 1.165) is 49.8 Å². The molecule has 2 aromatic heterocycles. The van der Waals surface area contributed by atoms with Gasteiger partial charge < -0.3 is 10.5 Å². The Labute approximate surface area is 197 Å². The smallest absolute Gasteiger partial charge is 0.438 e. The summed E-state index contributed by atoms with van der Waals surface area (Å²) < 4.78 is 10.8. The summed E-state index contributed by atoms with van der Waals surface area (Å²) in [6.07, 6.45) is 17.1. The van der Waals surface area contributed by atoms with E-state index in [1.54, 1.807) is 6.92 Å². The molecule has 1 fully saturated rings. The number of ether oxygens (including phenoxy) is 1. The molecule has 0 atom stereocenters. The Kier molecular flexibility index (Phi) is 5.50. The monoisotopic (exact) mass is 462 g/mol. The van der Waals surface area contributed by atoms with Crippen molar-refractivity contribution >= 4 is 17.2 Å². The minimum absolute atomic E-state index is 0.148. The first-order valence-corrected chi connectivity index (χ1v) is 11.8. The molecule has 9 heteroatoms. The molecule has 2 aromatic rings. The molecule has 0 radical (unpaired) electrons. The molecule has 0 bridgehead atoms. The van der Waals surface area contributed by atoms with E-state index >= 15 is 0 Å². The second-order valence-corrected chi connectivity index (χ2v) is 10.0. The van der Waals surface area contributed by atoms with Crippen molar-refractivity contribution < 1.29 is 9.26 Å². The number of aromatic amines is 1. The molecule has 1 aliphatic heterocycles. The number of hydrogen-bond acceptors (Lipinski definition) is 8. The highest BCUT2D eigenvalue weighted by molar-refractivity contribution is 6.11. The number of allylic oxidation sites excluding steroid dienone is 5. The zero-order valence-electron chi connectivity index (χ0n) is 19.8. The van der Waals surface area contributed by atoms with E-state index in [1.807, 2.05) is 13.8 Å². The molecule has 0 unspecified atom stereocenters. The van der Waals surface area contributed by atoms with E-state index in [-0.39, 0.29) is 5.41 Å². The molecule has 9 nitrogen and oxygen atoms in total. The number of aryl methyl sites for hydroxylation is 1. The predicted molar refractivity (Wildman–Crippen MR) is 129 cm³/mol. The number of anilines is 1. The fourth-order valence-electron chi connectivity index (χ4n) is 5.19. The van der Waals surface area contributed by atoms with Crippen molar-refractivity contribution in [3.05, 3.63) is 58.2 Å². The number of fused-ring (bicyclic) bond motifs is 1. The molecule has 2 aliphatic carbocycles. The maximum atomic E-state index is 11.2. The summed E-state index contributed by atoms with van der Waals surface area (Å²) in [4.78, 5) is 27.3. The third-order valence-electron chi connectivity index (χ3n) is 7.03. The number of nitrogen functional groups attached to an aromatic ring is 1. The Morgan fingerprint density at radius 1 is 1.24 bits per heavy atom. The number of aromatic nitrogens is 4. The number of H-pyrrole nitrogens is 1. The molecule has 34 heavy (non-hydrogen) atoms. The summed E-state index contributed by atoms with van der Waals surface area (Å²) in [6.45, 7) is 5.77. The van der Waals surface area contributed by atoms with Crippen molar-refractivity contribution in [1.82, 2.24) is 20.1 Å². The predicted octanol–water partition coefficient (Wildman–Crippen LogP) is 4.15. The van der Waals surface area contributed by atoms with Gasteiger partial charge in [-0.25, -0.2) is 14.8 Å². The van der Waals surface area contributed by atoms with Gasteiger partial charge in [-0.15, -0.1) is 0 Å². The van der Waals surface area contributed by atoms with Gasteiger partial charge >= 0.3 is 5.76 Å². The van der Waals surface area contributed by atoms with Gasteiger partial charge in [0.25, 0.3) is 0 Å². The molecule has 3 aliphatic rings. The zero-order valence-corrected chi connectivity index (χ0v) is 19.8. The topological polar surface area (TPSA) is 132 Å². The molecular weight excluding hydrogens is 432 g/mol. The van der Waals surface area contributed by atoms with Crippen LogP contribution in [0.5, 0.6) is 5.88 Å². The molecule has 5 rings (SSSR count). The Hall–Kier alpha value is -3.49. The third kappa shape index (κ3) is 4.34. The van der Waals surface area contributed by atoms with Crippen LogP contribution in [-0.2, 0) is 6.42 Å². The van der Waals surface area contributed by atoms with Crippen LogP contribution in [0.25, 0.3) is 0 Å². The standard InChI is InChI=1S/C25H30N6O3/c1-15-27-21(26)19-22(28-15)33-24(2,3)20(30-19)17-6-4-10-25(11-5-7-17)12-8-16(9-13-25)14-18-29-23(32)34-31-18/h4-7,10,16H,8-9,11-14H2,1-3H3,(H2,26,27,28)(H,29,31,32)/b7-5?,10-4+,17-6?. The van der Waals surface area contributed by atoms with Crippen molar-refractivity contribution in [2.75, 3.05) is 5.73 Å². The fraction of sp³-hybridized carbons (Fsp3) is 0.480. The number of nitrogens with two attached hydrogens (primary N) is 1. The Balaban J connectivity index is 1.34.